The zero-order valence-corrected chi connectivity index (χ0v) is 5.80. The summed E-state index contributed by atoms with van der Waals surface area (Å²) in [5.41, 5.74) is 0. The van der Waals surface area contributed by atoms with E-state index in [1.54, 1.807) is 0 Å². The summed E-state index contributed by atoms with van der Waals surface area (Å²) in [5, 5.41) is 2.87. The molecule has 3 heteroatoms. The van der Waals surface area contributed by atoms with Gasteiger partial charge >= 0.3 is 0 Å². The van der Waals surface area contributed by atoms with E-state index in [2.05, 4.69) is 5.32 Å². The minimum absolute atomic E-state index is 0.192. The minimum Gasteiger partial charge on any atom is -0.381 e. The topological polar surface area (TPSA) is 38.3 Å². The van der Waals surface area contributed by atoms with Crippen LogP contribution in [-0.2, 0) is 9.53 Å². The molecule has 0 aromatic heterocycles. The molecule has 0 radical (unpaired) electrons. The normalized spacial score (nSPS) is 39.0. The van der Waals surface area contributed by atoms with E-state index < -0.39 is 0 Å². The van der Waals surface area contributed by atoms with Gasteiger partial charge in [0.1, 0.15) is 0 Å². The first-order valence-corrected chi connectivity index (χ1v) is 3.73. The van der Waals surface area contributed by atoms with Crippen LogP contribution in [0.25, 0.3) is 0 Å². The summed E-state index contributed by atoms with van der Waals surface area (Å²) in [6, 6.07) is 0.426. The van der Waals surface area contributed by atoms with E-state index in [1.165, 1.54) is 0 Å². The zero-order chi connectivity index (χ0) is 6.97. The molecular formula is C7H11NO2. The van der Waals surface area contributed by atoms with Crippen LogP contribution < -0.4 is 5.32 Å². The zero-order valence-electron chi connectivity index (χ0n) is 5.80. The Kier molecular flexibility index (Phi) is 1.38. The number of rotatable bonds is 1. The summed E-state index contributed by atoms with van der Waals surface area (Å²) >= 11 is 0. The van der Waals surface area contributed by atoms with Crippen molar-refractivity contribution in [2.75, 3.05) is 13.2 Å². The predicted octanol–water partition coefficient (Wildman–Crippen LogP) is -0.0886. The smallest absolute Gasteiger partial charge is 0.222 e. The molecule has 0 saturated carbocycles. The minimum atomic E-state index is 0.192. The van der Waals surface area contributed by atoms with Crippen LogP contribution >= 0.6 is 0 Å². The van der Waals surface area contributed by atoms with Crippen LogP contribution in [0.1, 0.15) is 12.8 Å². The van der Waals surface area contributed by atoms with E-state index in [1.807, 2.05) is 0 Å². The SMILES string of the molecule is O=C1CC(C2CCOC2)N1. The molecule has 0 spiro atoms. The van der Waals surface area contributed by atoms with Crippen molar-refractivity contribution in [3.8, 4) is 0 Å². The van der Waals surface area contributed by atoms with Crippen molar-refractivity contribution in [1.29, 1.82) is 0 Å². The summed E-state index contributed by atoms with van der Waals surface area (Å²) in [6.07, 6.45) is 1.83. The maximum atomic E-state index is 10.5. The van der Waals surface area contributed by atoms with Gasteiger partial charge in [-0.2, -0.15) is 0 Å². The fourth-order valence-corrected chi connectivity index (χ4v) is 1.54. The van der Waals surface area contributed by atoms with E-state index in [-0.39, 0.29) is 5.91 Å². The second-order valence-corrected chi connectivity index (χ2v) is 3.00. The first-order valence-electron chi connectivity index (χ1n) is 3.73. The van der Waals surface area contributed by atoms with Crippen molar-refractivity contribution < 1.29 is 9.53 Å². The number of ether oxygens (including phenoxy) is 1. The third-order valence-corrected chi connectivity index (χ3v) is 2.29. The lowest BCUT2D eigenvalue weighted by Gasteiger charge is -2.31. The van der Waals surface area contributed by atoms with Crippen LogP contribution in [0.3, 0.4) is 0 Å². The van der Waals surface area contributed by atoms with Gasteiger partial charge in [-0.15, -0.1) is 0 Å². The molecule has 0 aliphatic carbocycles. The maximum absolute atomic E-state index is 10.5. The highest BCUT2D eigenvalue weighted by Crippen LogP contribution is 2.22. The molecule has 0 aromatic rings. The van der Waals surface area contributed by atoms with Gasteiger partial charge in [0, 0.05) is 25.0 Å². The standard InChI is InChI=1S/C7H11NO2/c9-7-3-6(8-7)5-1-2-10-4-5/h5-6H,1-4H2,(H,8,9). The molecule has 2 unspecified atom stereocenters. The summed E-state index contributed by atoms with van der Waals surface area (Å²) < 4.78 is 5.20. The first-order chi connectivity index (χ1) is 4.86. The number of amides is 1. The Morgan fingerprint density at radius 3 is 2.90 bits per heavy atom. The molecule has 2 aliphatic heterocycles. The van der Waals surface area contributed by atoms with Crippen LogP contribution in [-0.4, -0.2) is 25.2 Å². The molecule has 1 N–H and O–H groups in total. The largest absolute Gasteiger partial charge is 0.381 e. The van der Waals surface area contributed by atoms with E-state index in [9.17, 15) is 4.79 Å². The number of carbonyl (C=O) groups excluding carboxylic acids is 1. The van der Waals surface area contributed by atoms with Gasteiger partial charge in [-0.05, 0) is 6.42 Å². The van der Waals surface area contributed by atoms with Crippen LogP contribution in [0.4, 0.5) is 0 Å². The van der Waals surface area contributed by atoms with Crippen molar-refractivity contribution in [1.82, 2.24) is 5.32 Å². The fraction of sp³-hybridized carbons (Fsp3) is 0.857. The highest BCUT2D eigenvalue weighted by atomic mass is 16.5. The average molecular weight is 141 g/mol. The third kappa shape index (κ3) is 0.904. The Bertz CT molecular complexity index is 144. The van der Waals surface area contributed by atoms with Gasteiger partial charge in [0.2, 0.25) is 5.91 Å². The summed E-state index contributed by atoms with van der Waals surface area (Å²) in [4.78, 5) is 10.5. The third-order valence-electron chi connectivity index (χ3n) is 2.29. The quantitative estimate of drug-likeness (QED) is 0.518. The summed E-state index contributed by atoms with van der Waals surface area (Å²) in [6.45, 7) is 1.71. The van der Waals surface area contributed by atoms with E-state index in [4.69, 9.17) is 4.74 Å². The van der Waals surface area contributed by atoms with Gasteiger partial charge in [0.15, 0.2) is 0 Å². The Labute approximate surface area is 59.7 Å². The lowest BCUT2D eigenvalue weighted by Crippen LogP contribution is -2.52. The molecule has 2 aliphatic rings. The number of β-lactam (4-membered cyclic amide) rings is 1. The Morgan fingerprint density at radius 1 is 1.60 bits per heavy atom. The highest BCUT2D eigenvalue weighted by molar-refractivity contribution is 5.82. The lowest BCUT2D eigenvalue weighted by molar-refractivity contribution is -0.129. The molecule has 0 bridgehead atoms. The second kappa shape index (κ2) is 2.23. The molecular weight excluding hydrogens is 130 g/mol. The Hall–Kier alpha value is -0.570. The van der Waals surface area contributed by atoms with Crippen molar-refractivity contribution >= 4 is 5.91 Å². The van der Waals surface area contributed by atoms with Crippen LogP contribution in [0.5, 0.6) is 0 Å². The molecule has 10 heavy (non-hydrogen) atoms. The molecule has 2 rings (SSSR count). The molecule has 3 nitrogen and oxygen atoms in total. The fourth-order valence-electron chi connectivity index (χ4n) is 1.54. The molecule has 2 atom stereocenters. The van der Waals surface area contributed by atoms with E-state index in [0.717, 1.165) is 19.6 Å². The number of carbonyl (C=O) groups is 1. The molecule has 2 saturated heterocycles. The first kappa shape index (κ1) is 6.16. The number of hydrogen-bond acceptors (Lipinski definition) is 2. The van der Waals surface area contributed by atoms with Crippen LogP contribution in [0.2, 0.25) is 0 Å². The Morgan fingerprint density at radius 2 is 2.40 bits per heavy atom. The summed E-state index contributed by atoms with van der Waals surface area (Å²) in [5.74, 6) is 0.787. The Balaban J connectivity index is 1.83. The molecule has 1 amide bonds. The summed E-state index contributed by atoms with van der Waals surface area (Å²) in [7, 11) is 0. The second-order valence-electron chi connectivity index (χ2n) is 3.00. The van der Waals surface area contributed by atoms with Gasteiger partial charge in [-0.25, -0.2) is 0 Å². The van der Waals surface area contributed by atoms with Crippen LogP contribution in [0, 0.1) is 5.92 Å². The molecule has 0 aromatic carbocycles. The van der Waals surface area contributed by atoms with Gasteiger partial charge in [0.25, 0.3) is 0 Å². The van der Waals surface area contributed by atoms with Gasteiger partial charge in [-0.1, -0.05) is 0 Å². The average Bonchev–Trinajstić information content (AvgIpc) is 2.31. The van der Waals surface area contributed by atoms with Gasteiger partial charge in [0.05, 0.1) is 6.61 Å². The number of hydrogen-bond donors (Lipinski definition) is 1. The van der Waals surface area contributed by atoms with Crippen molar-refractivity contribution in [3.63, 3.8) is 0 Å². The number of nitrogens with one attached hydrogen (secondary N) is 1. The van der Waals surface area contributed by atoms with E-state index in [0.29, 0.717) is 18.4 Å². The van der Waals surface area contributed by atoms with E-state index >= 15 is 0 Å². The van der Waals surface area contributed by atoms with Crippen molar-refractivity contribution in [2.45, 2.75) is 18.9 Å². The highest BCUT2D eigenvalue weighted by Gasteiger charge is 2.34. The van der Waals surface area contributed by atoms with Crippen LogP contribution in [0.15, 0.2) is 0 Å². The lowest BCUT2D eigenvalue weighted by atomic mass is 9.91. The maximum Gasteiger partial charge on any atom is 0.222 e. The van der Waals surface area contributed by atoms with Gasteiger partial charge in [-0.3, -0.25) is 4.79 Å². The monoisotopic (exact) mass is 141 g/mol. The van der Waals surface area contributed by atoms with Crippen molar-refractivity contribution in [3.05, 3.63) is 0 Å². The van der Waals surface area contributed by atoms with Crippen molar-refractivity contribution in [2.24, 2.45) is 5.92 Å². The molecule has 2 heterocycles. The predicted molar refractivity (Wildman–Crippen MR) is 35.5 cm³/mol. The van der Waals surface area contributed by atoms with Gasteiger partial charge < -0.3 is 10.1 Å². The molecule has 56 valence electrons. The molecule has 2 fully saturated rings.